The second kappa shape index (κ2) is 8.56. The minimum Gasteiger partial charge on any atom is -0.486 e. The fraction of sp³-hybridized carbons (Fsp3) is 0.400. The van der Waals surface area contributed by atoms with E-state index in [0.717, 1.165) is 36.0 Å². The maximum absolute atomic E-state index is 12.2. The number of hydrogen-bond donors (Lipinski definition) is 1. The molecule has 1 N–H and O–H groups in total. The number of hydrogen-bond acceptors (Lipinski definition) is 5. The van der Waals surface area contributed by atoms with Gasteiger partial charge in [-0.3, -0.25) is 4.79 Å². The zero-order valence-electron chi connectivity index (χ0n) is 15.3. The van der Waals surface area contributed by atoms with E-state index in [1.54, 1.807) is 6.20 Å². The SMILES string of the molecule is CCN(CC)c1ccc(NC(=O)CCc2ccc3c(c2)OCCO3)cn1. The van der Waals surface area contributed by atoms with Gasteiger partial charge >= 0.3 is 0 Å². The van der Waals surface area contributed by atoms with E-state index in [1.165, 1.54) is 0 Å². The summed E-state index contributed by atoms with van der Waals surface area (Å²) in [5, 5.41) is 2.90. The number of aryl methyl sites for hydroxylation is 1. The van der Waals surface area contributed by atoms with Crippen molar-refractivity contribution >= 4 is 17.4 Å². The lowest BCUT2D eigenvalue weighted by atomic mass is 10.1. The number of nitrogens with one attached hydrogen (secondary N) is 1. The first kappa shape index (κ1) is 18.0. The topological polar surface area (TPSA) is 63.7 Å². The van der Waals surface area contributed by atoms with Gasteiger partial charge in [-0.1, -0.05) is 6.07 Å². The summed E-state index contributed by atoms with van der Waals surface area (Å²) < 4.78 is 11.1. The van der Waals surface area contributed by atoms with Crippen LogP contribution in [0.2, 0.25) is 0 Å². The van der Waals surface area contributed by atoms with Crippen LogP contribution in [-0.4, -0.2) is 37.2 Å². The molecule has 0 saturated heterocycles. The molecule has 1 aromatic heterocycles. The summed E-state index contributed by atoms with van der Waals surface area (Å²) in [6.07, 6.45) is 2.75. The van der Waals surface area contributed by atoms with Crippen LogP contribution < -0.4 is 19.7 Å². The molecule has 0 unspecified atom stereocenters. The number of anilines is 2. The smallest absolute Gasteiger partial charge is 0.224 e. The van der Waals surface area contributed by atoms with Crippen molar-refractivity contribution in [3.8, 4) is 11.5 Å². The number of rotatable bonds is 7. The number of amides is 1. The number of fused-ring (bicyclic) bond motifs is 1. The third kappa shape index (κ3) is 4.45. The van der Waals surface area contributed by atoms with Crippen LogP contribution in [0.15, 0.2) is 36.5 Å². The molecule has 1 aliphatic heterocycles. The van der Waals surface area contributed by atoms with Crippen LogP contribution in [0.25, 0.3) is 0 Å². The molecule has 1 aliphatic rings. The Kier molecular flexibility index (Phi) is 5.94. The zero-order valence-corrected chi connectivity index (χ0v) is 15.3. The summed E-state index contributed by atoms with van der Waals surface area (Å²) in [4.78, 5) is 18.8. The van der Waals surface area contributed by atoms with Gasteiger partial charge in [0.15, 0.2) is 11.5 Å². The highest BCUT2D eigenvalue weighted by atomic mass is 16.6. The fourth-order valence-electron chi connectivity index (χ4n) is 2.92. The summed E-state index contributed by atoms with van der Waals surface area (Å²) in [5.74, 6) is 2.41. The van der Waals surface area contributed by atoms with Gasteiger partial charge < -0.3 is 19.7 Å². The molecule has 0 radical (unpaired) electrons. The monoisotopic (exact) mass is 355 g/mol. The number of nitrogens with zero attached hydrogens (tertiary/aromatic N) is 2. The van der Waals surface area contributed by atoms with Gasteiger partial charge in [-0.15, -0.1) is 0 Å². The van der Waals surface area contributed by atoms with Crippen LogP contribution in [0.4, 0.5) is 11.5 Å². The van der Waals surface area contributed by atoms with Gasteiger partial charge in [0, 0.05) is 19.5 Å². The van der Waals surface area contributed by atoms with Crippen molar-refractivity contribution in [2.75, 3.05) is 36.5 Å². The van der Waals surface area contributed by atoms with E-state index in [1.807, 2.05) is 30.3 Å². The number of carbonyl (C=O) groups excluding carboxylic acids is 1. The third-order valence-electron chi connectivity index (χ3n) is 4.37. The third-order valence-corrected chi connectivity index (χ3v) is 4.37. The highest BCUT2D eigenvalue weighted by Crippen LogP contribution is 2.31. The lowest BCUT2D eigenvalue weighted by molar-refractivity contribution is -0.116. The molecule has 0 spiro atoms. The van der Waals surface area contributed by atoms with Crippen molar-refractivity contribution < 1.29 is 14.3 Å². The molecule has 1 amide bonds. The van der Waals surface area contributed by atoms with E-state index in [2.05, 4.69) is 29.0 Å². The maximum atomic E-state index is 12.2. The minimum atomic E-state index is -0.0303. The number of carbonyl (C=O) groups is 1. The van der Waals surface area contributed by atoms with Gasteiger partial charge in [0.2, 0.25) is 5.91 Å². The second-order valence-electron chi connectivity index (χ2n) is 6.10. The Balaban J connectivity index is 1.52. The summed E-state index contributed by atoms with van der Waals surface area (Å²) in [6, 6.07) is 9.65. The summed E-state index contributed by atoms with van der Waals surface area (Å²) in [5.41, 5.74) is 1.77. The molecule has 138 valence electrons. The lowest BCUT2D eigenvalue weighted by Gasteiger charge is -2.19. The number of ether oxygens (including phenoxy) is 2. The van der Waals surface area contributed by atoms with E-state index >= 15 is 0 Å². The number of benzene rings is 1. The molecular weight excluding hydrogens is 330 g/mol. The molecule has 1 aromatic carbocycles. The summed E-state index contributed by atoms with van der Waals surface area (Å²) >= 11 is 0. The van der Waals surface area contributed by atoms with E-state index in [9.17, 15) is 4.79 Å². The molecule has 0 saturated carbocycles. The van der Waals surface area contributed by atoms with Crippen molar-refractivity contribution in [3.05, 3.63) is 42.1 Å². The predicted octanol–water partition coefficient (Wildman–Crippen LogP) is 3.27. The highest BCUT2D eigenvalue weighted by Gasteiger charge is 2.12. The van der Waals surface area contributed by atoms with Gasteiger partial charge in [-0.25, -0.2) is 4.98 Å². The Labute approximate surface area is 154 Å². The molecule has 6 nitrogen and oxygen atoms in total. The molecule has 3 rings (SSSR count). The lowest BCUT2D eigenvalue weighted by Crippen LogP contribution is -2.22. The van der Waals surface area contributed by atoms with Crippen molar-refractivity contribution in [2.45, 2.75) is 26.7 Å². The molecular formula is C20H25N3O3. The molecule has 0 atom stereocenters. The van der Waals surface area contributed by atoms with Crippen molar-refractivity contribution in [2.24, 2.45) is 0 Å². The van der Waals surface area contributed by atoms with Crippen molar-refractivity contribution in [1.82, 2.24) is 4.98 Å². The molecule has 2 aromatic rings. The normalized spacial score (nSPS) is 12.5. The van der Waals surface area contributed by atoms with Crippen LogP contribution in [0.1, 0.15) is 25.8 Å². The average molecular weight is 355 g/mol. The quantitative estimate of drug-likeness (QED) is 0.826. The van der Waals surface area contributed by atoms with E-state index in [-0.39, 0.29) is 5.91 Å². The number of pyridine rings is 1. The standard InChI is InChI=1S/C20H25N3O3/c1-3-23(4-2)19-9-7-16(14-21-19)22-20(24)10-6-15-5-8-17-18(13-15)26-12-11-25-17/h5,7-9,13-14H,3-4,6,10-12H2,1-2H3,(H,22,24). The predicted molar refractivity (Wildman–Crippen MR) is 102 cm³/mol. The van der Waals surface area contributed by atoms with Gasteiger partial charge in [-0.05, 0) is 50.1 Å². The van der Waals surface area contributed by atoms with Crippen LogP contribution in [-0.2, 0) is 11.2 Å². The Bertz CT molecular complexity index is 742. The molecule has 0 aliphatic carbocycles. The molecule has 26 heavy (non-hydrogen) atoms. The zero-order chi connectivity index (χ0) is 18.4. The maximum Gasteiger partial charge on any atom is 0.224 e. The fourth-order valence-corrected chi connectivity index (χ4v) is 2.92. The summed E-state index contributed by atoms with van der Waals surface area (Å²) in [7, 11) is 0. The minimum absolute atomic E-state index is 0.0303. The molecule has 6 heteroatoms. The average Bonchev–Trinajstić information content (AvgIpc) is 2.68. The van der Waals surface area contributed by atoms with Crippen molar-refractivity contribution in [3.63, 3.8) is 0 Å². The molecule has 0 bridgehead atoms. The second-order valence-corrected chi connectivity index (χ2v) is 6.10. The van der Waals surface area contributed by atoms with Gasteiger partial charge in [-0.2, -0.15) is 0 Å². The van der Waals surface area contributed by atoms with Gasteiger partial charge in [0.05, 0.1) is 11.9 Å². The number of aromatic nitrogens is 1. The summed E-state index contributed by atoms with van der Waals surface area (Å²) in [6.45, 7) is 7.15. The molecule has 2 heterocycles. The van der Waals surface area contributed by atoms with Gasteiger partial charge in [0.1, 0.15) is 19.0 Å². The first-order valence-corrected chi connectivity index (χ1v) is 9.09. The van der Waals surface area contributed by atoms with E-state index < -0.39 is 0 Å². The van der Waals surface area contributed by atoms with Gasteiger partial charge in [0.25, 0.3) is 0 Å². The Morgan fingerprint density at radius 3 is 2.58 bits per heavy atom. The first-order valence-electron chi connectivity index (χ1n) is 9.09. The Morgan fingerprint density at radius 1 is 1.12 bits per heavy atom. The van der Waals surface area contributed by atoms with Crippen molar-refractivity contribution in [1.29, 1.82) is 0 Å². The van der Waals surface area contributed by atoms with E-state index in [0.29, 0.717) is 31.7 Å². The first-order chi connectivity index (χ1) is 12.7. The van der Waals surface area contributed by atoms with Crippen LogP contribution >= 0.6 is 0 Å². The Hall–Kier alpha value is -2.76. The highest BCUT2D eigenvalue weighted by molar-refractivity contribution is 5.90. The van der Waals surface area contributed by atoms with Crippen LogP contribution in [0.3, 0.4) is 0 Å². The largest absolute Gasteiger partial charge is 0.486 e. The molecule has 0 fully saturated rings. The van der Waals surface area contributed by atoms with Crippen LogP contribution in [0, 0.1) is 0 Å². The Morgan fingerprint density at radius 2 is 1.88 bits per heavy atom. The van der Waals surface area contributed by atoms with Crippen LogP contribution in [0.5, 0.6) is 11.5 Å². The van der Waals surface area contributed by atoms with E-state index in [4.69, 9.17) is 9.47 Å².